The average molecular weight is 343 g/mol. The molecule has 134 valence electrons. The van der Waals surface area contributed by atoms with Crippen LogP contribution in [-0.4, -0.2) is 0 Å². The Morgan fingerprint density at radius 1 is 0.692 bits per heavy atom. The van der Waals surface area contributed by atoms with E-state index in [1.165, 1.54) is 33.4 Å². The van der Waals surface area contributed by atoms with E-state index >= 15 is 0 Å². The van der Waals surface area contributed by atoms with E-state index in [9.17, 15) is 0 Å². The molecule has 0 nitrogen and oxygen atoms in total. The lowest BCUT2D eigenvalue weighted by Gasteiger charge is -2.37. The predicted octanol–water partition coefficient (Wildman–Crippen LogP) is 7.37. The van der Waals surface area contributed by atoms with Gasteiger partial charge in [-0.15, -0.1) is 0 Å². The second-order valence-corrected chi connectivity index (χ2v) is 9.63. The maximum Gasteiger partial charge on any atom is 0.0161 e. The van der Waals surface area contributed by atoms with Crippen molar-refractivity contribution in [3.63, 3.8) is 0 Å². The summed E-state index contributed by atoms with van der Waals surface area (Å²) < 4.78 is 0. The summed E-state index contributed by atoms with van der Waals surface area (Å²) in [4.78, 5) is 0. The molecule has 2 aliphatic rings. The van der Waals surface area contributed by atoms with Crippen LogP contribution < -0.4 is 0 Å². The molecule has 0 aliphatic heterocycles. The van der Waals surface area contributed by atoms with Crippen LogP contribution in [0.15, 0.2) is 71.8 Å². The summed E-state index contributed by atoms with van der Waals surface area (Å²) in [5.74, 6) is 0.889. The molecule has 0 saturated heterocycles. The second-order valence-electron chi connectivity index (χ2n) is 9.63. The Morgan fingerprint density at radius 2 is 1.19 bits per heavy atom. The minimum Gasteiger partial charge on any atom is -0.0738 e. The quantitative estimate of drug-likeness (QED) is 0.534. The van der Waals surface area contributed by atoms with Crippen LogP contribution in [0.4, 0.5) is 0 Å². The van der Waals surface area contributed by atoms with Crippen LogP contribution in [0.25, 0.3) is 11.1 Å². The molecule has 1 unspecified atom stereocenters. The maximum atomic E-state index is 2.54. The summed E-state index contributed by atoms with van der Waals surface area (Å²) in [6.45, 7) is 14.2. The van der Waals surface area contributed by atoms with Crippen LogP contribution >= 0.6 is 0 Å². The van der Waals surface area contributed by atoms with Gasteiger partial charge in [-0.1, -0.05) is 101 Å². The van der Waals surface area contributed by atoms with Crippen LogP contribution in [-0.2, 0) is 0 Å². The highest BCUT2D eigenvalue weighted by atomic mass is 14.5. The molecule has 0 radical (unpaired) electrons. The molecule has 2 aliphatic carbocycles. The number of hydrogen-bond donors (Lipinski definition) is 0. The number of benzene rings is 2. The molecule has 26 heavy (non-hydrogen) atoms. The summed E-state index contributed by atoms with van der Waals surface area (Å²) in [5.41, 5.74) is 9.10. The minimum atomic E-state index is 0.122. The summed E-state index contributed by atoms with van der Waals surface area (Å²) in [7, 11) is 0. The third-order valence-electron chi connectivity index (χ3n) is 6.45. The molecule has 0 aromatic heterocycles. The molecule has 0 spiro atoms. The van der Waals surface area contributed by atoms with Gasteiger partial charge in [-0.3, -0.25) is 0 Å². The standard InChI is InChI=1S/C26H30/c1-17-15-18(16-23(17)25(2,3)4)26(5,6)24-21-13-9-7-11-19(21)20-12-8-10-14-22(20)24/h7-16,18,24H,1-6H3. The molecule has 0 heterocycles. The molecule has 2 aromatic rings. The molecule has 0 saturated carbocycles. The van der Waals surface area contributed by atoms with E-state index in [-0.39, 0.29) is 10.8 Å². The number of hydrogen-bond acceptors (Lipinski definition) is 0. The van der Waals surface area contributed by atoms with E-state index in [0.717, 1.165) is 0 Å². The van der Waals surface area contributed by atoms with Gasteiger partial charge in [0, 0.05) is 11.8 Å². The highest BCUT2D eigenvalue weighted by molar-refractivity contribution is 5.79. The van der Waals surface area contributed by atoms with Gasteiger partial charge in [-0.25, -0.2) is 0 Å². The van der Waals surface area contributed by atoms with Gasteiger partial charge in [0.2, 0.25) is 0 Å². The normalized spacial score (nSPS) is 19.8. The van der Waals surface area contributed by atoms with Crippen LogP contribution in [0.1, 0.15) is 58.6 Å². The zero-order valence-corrected chi connectivity index (χ0v) is 16.9. The zero-order chi connectivity index (χ0) is 18.7. The summed E-state index contributed by atoms with van der Waals surface area (Å²) in [5, 5.41) is 0. The average Bonchev–Trinajstić information content (AvgIpc) is 3.13. The van der Waals surface area contributed by atoms with Crippen LogP contribution in [0.2, 0.25) is 0 Å². The first-order chi connectivity index (χ1) is 12.2. The lowest BCUT2D eigenvalue weighted by atomic mass is 9.66. The summed E-state index contributed by atoms with van der Waals surface area (Å²) in [6.07, 6.45) is 5.04. The van der Waals surface area contributed by atoms with Gasteiger partial charge < -0.3 is 0 Å². The van der Waals surface area contributed by atoms with Gasteiger partial charge in [-0.2, -0.15) is 0 Å². The highest BCUT2D eigenvalue weighted by Gasteiger charge is 2.44. The van der Waals surface area contributed by atoms with Gasteiger partial charge in [0.1, 0.15) is 0 Å². The molecular formula is C26H30. The van der Waals surface area contributed by atoms with Gasteiger partial charge in [-0.05, 0) is 45.6 Å². The smallest absolute Gasteiger partial charge is 0.0161 e. The van der Waals surface area contributed by atoms with Gasteiger partial charge in [0.15, 0.2) is 0 Å². The van der Waals surface area contributed by atoms with E-state index in [4.69, 9.17) is 0 Å². The van der Waals surface area contributed by atoms with Crippen molar-refractivity contribution in [3.8, 4) is 11.1 Å². The summed E-state index contributed by atoms with van der Waals surface area (Å²) >= 11 is 0. The van der Waals surface area contributed by atoms with E-state index < -0.39 is 0 Å². The van der Waals surface area contributed by atoms with E-state index in [2.05, 4.69) is 102 Å². The number of allylic oxidation sites excluding steroid dienone is 4. The topological polar surface area (TPSA) is 0 Å². The van der Waals surface area contributed by atoms with E-state index in [1.54, 1.807) is 0 Å². The van der Waals surface area contributed by atoms with Gasteiger partial charge in [0.05, 0.1) is 0 Å². The predicted molar refractivity (Wildman–Crippen MR) is 112 cm³/mol. The van der Waals surface area contributed by atoms with Crippen molar-refractivity contribution >= 4 is 0 Å². The number of rotatable bonds is 2. The lowest BCUT2D eigenvalue weighted by molar-refractivity contribution is 0.266. The first-order valence-corrected chi connectivity index (χ1v) is 9.80. The molecular weight excluding hydrogens is 312 g/mol. The molecule has 4 rings (SSSR count). The molecule has 0 fully saturated rings. The molecule has 0 N–H and O–H groups in total. The van der Waals surface area contributed by atoms with Gasteiger partial charge >= 0.3 is 0 Å². The molecule has 0 heteroatoms. The first kappa shape index (κ1) is 17.3. The van der Waals surface area contributed by atoms with Crippen molar-refractivity contribution in [1.29, 1.82) is 0 Å². The Balaban J connectivity index is 1.84. The Morgan fingerprint density at radius 3 is 1.65 bits per heavy atom. The fraction of sp³-hybridized carbons (Fsp3) is 0.385. The van der Waals surface area contributed by atoms with Crippen LogP contribution in [0.5, 0.6) is 0 Å². The third-order valence-corrected chi connectivity index (χ3v) is 6.45. The first-order valence-electron chi connectivity index (χ1n) is 9.80. The Hall–Kier alpha value is -2.08. The van der Waals surface area contributed by atoms with E-state index in [0.29, 0.717) is 11.8 Å². The zero-order valence-electron chi connectivity index (χ0n) is 16.9. The van der Waals surface area contributed by atoms with Crippen molar-refractivity contribution in [1.82, 2.24) is 0 Å². The van der Waals surface area contributed by atoms with Crippen molar-refractivity contribution in [2.45, 2.75) is 47.5 Å². The summed E-state index contributed by atoms with van der Waals surface area (Å²) in [6, 6.07) is 18.0. The third kappa shape index (κ3) is 2.50. The van der Waals surface area contributed by atoms with Crippen molar-refractivity contribution in [2.75, 3.05) is 0 Å². The molecule has 0 amide bonds. The van der Waals surface area contributed by atoms with Crippen LogP contribution in [0.3, 0.4) is 0 Å². The van der Waals surface area contributed by atoms with Crippen molar-refractivity contribution in [3.05, 3.63) is 83.0 Å². The fourth-order valence-corrected chi connectivity index (χ4v) is 5.14. The minimum absolute atomic E-state index is 0.122. The van der Waals surface area contributed by atoms with Gasteiger partial charge in [0.25, 0.3) is 0 Å². The van der Waals surface area contributed by atoms with E-state index in [1.807, 2.05) is 0 Å². The second kappa shape index (κ2) is 5.71. The van der Waals surface area contributed by atoms with Crippen molar-refractivity contribution in [2.24, 2.45) is 16.7 Å². The molecule has 2 aromatic carbocycles. The monoisotopic (exact) mass is 342 g/mol. The maximum absolute atomic E-state index is 2.54. The molecule has 0 bridgehead atoms. The fourth-order valence-electron chi connectivity index (χ4n) is 5.14. The Bertz CT molecular complexity index is 870. The number of fused-ring (bicyclic) bond motifs is 3. The SMILES string of the molecule is CC1=CC(C(C)(C)C2c3ccccc3-c3ccccc32)C=C1C(C)(C)C. The Kier molecular flexibility index (Phi) is 3.81. The highest BCUT2D eigenvalue weighted by Crippen LogP contribution is 2.57. The Labute approximate surface area is 158 Å². The largest absolute Gasteiger partial charge is 0.0738 e. The lowest BCUT2D eigenvalue weighted by Crippen LogP contribution is -2.28. The van der Waals surface area contributed by atoms with Crippen LogP contribution in [0, 0.1) is 16.7 Å². The van der Waals surface area contributed by atoms with Crippen molar-refractivity contribution < 1.29 is 0 Å². The molecule has 1 atom stereocenters.